The molecule has 0 aromatic carbocycles. The fourth-order valence-electron chi connectivity index (χ4n) is 1.92. The largest absolute Gasteiger partial charge is 0.363 e. The number of aromatic amines is 1. The second kappa shape index (κ2) is 5.24. The molecule has 0 unspecified atom stereocenters. The minimum atomic E-state index is -1.49. The smallest absolute Gasteiger partial charge is 0.193 e. The van der Waals surface area contributed by atoms with Crippen LogP contribution >= 0.6 is 0 Å². The Bertz CT molecular complexity index is 762. The fraction of sp³-hybridized carbons (Fsp3) is 0.0667. The van der Waals surface area contributed by atoms with Crippen molar-refractivity contribution >= 4 is 23.2 Å². The number of aromatic nitrogens is 3. The number of nitrogens with one attached hydrogen (secondary N) is 1. The molecule has 0 amide bonds. The van der Waals surface area contributed by atoms with Crippen LogP contribution in [0.3, 0.4) is 0 Å². The van der Waals surface area contributed by atoms with Crippen molar-refractivity contribution in [2.24, 2.45) is 0 Å². The predicted molar refractivity (Wildman–Crippen MR) is 76.4 cm³/mol. The van der Waals surface area contributed by atoms with Gasteiger partial charge in [-0.05, 0) is 42.0 Å². The number of hydrogen-bond donors (Lipinski definition) is 3. The molecule has 100 valence electrons. The van der Waals surface area contributed by atoms with Gasteiger partial charge in [-0.1, -0.05) is 6.08 Å². The summed E-state index contributed by atoms with van der Waals surface area (Å²) in [5.41, 5.74) is 2.70. The standard InChI is InChI=1S/C15H13N3O2/c19-15(20)13-8-10(9-17-13)3-5-12-6-4-11-2-1-7-16-14(11)18-12/h1-9,15,17,19-20H/b5-3+. The van der Waals surface area contributed by atoms with E-state index < -0.39 is 6.29 Å². The molecule has 0 fully saturated rings. The highest BCUT2D eigenvalue weighted by Gasteiger charge is 2.03. The van der Waals surface area contributed by atoms with Crippen LogP contribution in [0.15, 0.2) is 42.7 Å². The lowest BCUT2D eigenvalue weighted by Gasteiger charge is -1.97. The van der Waals surface area contributed by atoms with Crippen LogP contribution in [-0.2, 0) is 0 Å². The summed E-state index contributed by atoms with van der Waals surface area (Å²) in [4.78, 5) is 11.4. The average Bonchev–Trinajstić information content (AvgIpc) is 2.94. The van der Waals surface area contributed by atoms with Crippen LogP contribution in [0.5, 0.6) is 0 Å². The third-order valence-electron chi connectivity index (χ3n) is 2.94. The minimum absolute atomic E-state index is 0.359. The summed E-state index contributed by atoms with van der Waals surface area (Å²) in [5.74, 6) is 0. The van der Waals surface area contributed by atoms with E-state index in [1.54, 1.807) is 18.5 Å². The topological polar surface area (TPSA) is 82.0 Å². The van der Waals surface area contributed by atoms with E-state index in [0.717, 1.165) is 16.6 Å². The van der Waals surface area contributed by atoms with Crippen LogP contribution in [0.1, 0.15) is 23.2 Å². The van der Waals surface area contributed by atoms with Crippen LogP contribution in [0.2, 0.25) is 0 Å². The molecule has 0 atom stereocenters. The molecule has 0 saturated carbocycles. The summed E-state index contributed by atoms with van der Waals surface area (Å²) in [6, 6.07) is 9.38. The number of H-pyrrole nitrogens is 1. The SMILES string of the molecule is OC(O)c1cc(/C=C/c2ccc3cccnc3n2)c[nH]1. The van der Waals surface area contributed by atoms with Crippen molar-refractivity contribution in [1.82, 2.24) is 15.0 Å². The zero-order chi connectivity index (χ0) is 13.9. The maximum absolute atomic E-state index is 9.02. The molecule has 0 aliphatic heterocycles. The third kappa shape index (κ3) is 2.59. The Kier molecular flexibility index (Phi) is 3.28. The van der Waals surface area contributed by atoms with E-state index in [0.29, 0.717) is 11.3 Å². The molecule has 3 aromatic rings. The summed E-state index contributed by atoms with van der Waals surface area (Å²) in [6.07, 6.45) is 5.62. The van der Waals surface area contributed by atoms with Crippen molar-refractivity contribution in [3.8, 4) is 0 Å². The van der Waals surface area contributed by atoms with Gasteiger partial charge in [-0.3, -0.25) is 0 Å². The molecule has 0 spiro atoms. The first-order chi connectivity index (χ1) is 9.72. The van der Waals surface area contributed by atoms with Crippen LogP contribution < -0.4 is 0 Å². The maximum atomic E-state index is 9.02. The van der Waals surface area contributed by atoms with Crippen molar-refractivity contribution in [1.29, 1.82) is 0 Å². The van der Waals surface area contributed by atoms with Gasteiger partial charge in [0.15, 0.2) is 11.9 Å². The van der Waals surface area contributed by atoms with Gasteiger partial charge in [0.05, 0.1) is 11.4 Å². The number of pyridine rings is 2. The Morgan fingerprint density at radius 2 is 2.05 bits per heavy atom. The Morgan fingerprint density at radius 1 is 1.15 bits per heavy atom. The highest BCUT2D eigenvalue weighted by Crippen LogP contribution is 2.14. The summed E-state index contributed by atoms with van der Waals surface area (Å²) < 4.78 is 0. The first kappa shape index (κ1) is 12.5. The second-order valence-electron chi connectivity index (χ2n) is 4.38. The first-order valence-electron chi connectivity index (χ1n) is 6.17. The lowest BCUT2D eigenvalue weighted by atomic mass is 10.2. The normalized spacial score (nSPS) is 11.8. The molecular formula is C15H13N3O2. The van der Waals surface area contributed by atoms with E-state index in [1.165, 1.54) is 0 Å². The van der Waals surface area contributed by atoms with Crippen LogP contribution in [0, 0.1) is 0 Å². The van der Waals surface area contributed by atoms with Gasteiger partial charge in [-0.2, -0.15) is 0 Å². The highest BCUT2D eigenvalue weighted by molar-refractivity contribution is 5.77. The number of fused-ring (bicyclic) bond motifs is 1. The quantitative estimate of drug-likeness (QED) is 0.635. The molecule has 3 aromatic heterocycles. The van der Waals surface area contributed by atoms with Gasteiger partial charge in [0.1, 0.15) is 0 Å². The second-order valence-corrected chi connectivity index (χ2v) is 4.38. The van der Waals surface area contributed by atoms with Gasteiger partial charge in [-0.15, -0.1) is 0 Å². The Morgan fingerprint density at radius 3 is 2.85 bits per heavy atom. The number of hydrogen-bond acceptors (Lipinski definition) is 4. The minimum Gasteiger partial charge on any atom is -0.363 e. The van der Waals surface area contributed by atoms with E-state index in [2.05, 4.69) is 15.0 Å². The van der Waals surface area contributed by atoms with Crippen LogP contribution in [-0.4, -0.2) is 25.2 Å². The molecule has 0 aliphatic rings. The Labute approximate surface area is 115 Å². The number of aliphatic hydroxyl groups is 2. The predicted octanol–water partition coefficient (Wildman–Crippen LogP) is 2.11. The lowest BCUT2D eigenvalue weighted by Crippen LogP contribution is -1.93. The van der Waals surface area contributed by atoms with Crippen molar-refractivity contribution < 1.29 is 10.2 Å². The molecule has 20 heavy (non-hydrogen) atoms. The molecule has 5 heteroatoms. The molecule has 3 N–H and O–H groups in total. The average molecular weight is 267 g/mol. The van der Waals surface area contributed by atoms with Gasteiger partial charge in [0, 0.05) is 17.8 Å². The van der Waals surface area contributed by atoms with Crippen LogP contribution in [0.25, 0.3) is 23.2 Å². The van der Waals surface area contributed by atoms with Gasteiger partial charge in [0.25, 0.3) is 0 Å². The van der Waals surface area contributed by atoms with Crippen LogP contribution in [0.4, 0.5) is 0 Å². The Hall–Kier alpha value is -2.50. The molecule has 0 radical (unpaired) electrons. The van der Waals surface area contributed by atoms with E-state index in [9.17, 15) is 0 Å². The molecule has 0 aliphatic carbocycles. The first-order valence-corrected chi connectivity index (χ1v) is 6.17. The highest BCUT2D eigenvalue weighted by atomic mass is 16.5. The summed E-state index contributed by atoms with van der Waals surface area (Å²) in [6.45, 7) is 0. The number of nitrogens with zero attached hydrogens (tertiary/aromatic N) is 2. The number of rotatable bonds is 3. The monoisotopic (exact) mass is 267 g/mol. The summed E-state index contributed by atoms with van der Waals surface area (Å²) in [5, 5.41) is 19.0. The van der Waals surface area contributed by atoms with E-state index in [1.807, 2.05) is 36.4 Å². The van der Waals surface area contributed by atoms with Crippen molar-refractivity contribution in [2.75, 3.05) is 0 Å². The molecule has 3 heterocycles. The molecule has 3 rings (SSSR count). The summed E-state index contributed by atoms with van der Waals surface area (Å²) >= 11 is 0. The molecule has 5 nitrogen and oxygen atoms in total. The van der Waals surface area contributed by atoms with Gasteiger partial charge >= 0.3 is 0 Å². The Balaban J connectivity index is 1.86. The van der Waals surface area contributed by atoms with Gasteiger partial charge in [0.2, 0.25) is 0 Å². The van der Waals surface area contributed by atoms with E-state index in [4.69, 9.17) is 10.2 Å². The summed E-state index contributed by atoms with van der Waals surface area (Å²) in [7, 11) is 0. The van der Waals surface area contributed by atoms with Gasteiger partial charge < -0.3 is 15.2 Å². The van der Waals surface area contributed by atoms with Crippen molar-refractivity contribution in [3.05, 3.63) is 59.7 Å². The third-order valence-corrected chi connectivity index (χ3v) is 2.94. The number of aliphatic hydroxyl groups excluding tert-OH is 1. The zero-order valence-electron chi connectivity index (χ0n) is 10.6. The van der Waals surface area contributed by atoms with Gasteiger partial charge in [-0.25, -0.2) is 9.97 Å². The van der Waals surface area contributed by atoms with E-state index >= 15 is 0 Å². The van der Waals surface area contributed by atoms with E-state index in [-0.39, 0.29) is 0 Å². The van der Waals surface area contributed by atoms with Crippen molar-refractivity contribution in [2.45, 2.75) is 6.29 Å². The zero-order valence-corrected chi connectivity index (χ0v) is 10.6. The van der Waals surface area contributed by atoms with Crippen molar-refractivity contribution in [3.63, 3.8) is 0 Å². The maximum Gasteiger partial charge on any atom is 0.193 e. The lowest BCUT2D eigenvalue weighted by molar-refractivity contribution is -0.0454. The molecule has 0 bridgehead atoms. The molecular weight excluding hydrogens is 254 g/mol. The fourth-order valence-corrected chi connectivity index (χ4v) is 1.92. The molecule has 0 saturated heterocycles.